The van der Waals surface area contributed by atoms with Crippen LogP contribution in [0.25, 0.3) is 5.82 Å². The summed E-state index contributed by atoms with van der Waals surface area (Å²) in [5.41, 5.74) is 1.04. The molecule has 3 aromatic heterocycles. The van der Waals surface area contributed by atoms with E-state index in [2.05, 4.69) is 37.6 Å². The Morgan fingerprint density at radius 2 is 2.30 bits per heavy atom. The summed E-state index contributed by atoms with van der Waals surface area (Å²) in [6, 6.07) is 4.25. The number of nitrogens with one attached hydrogen (secondary N) is 2. The SMILES string of the molecule is CCNC(=NCc1ccc(-n2ccnc2)nc1)NC1CCc2nc(COC)nn2C1. The maximum Gasteiger partial charge on any atom is 0.191 e. The number of aliphatic imine (C=N–C) groups is 1. The molecule has 0 radical (unpaired) electrons. The molecule has 3 aromatic rings. The molecule has 0 aliphatic carbocycles. The smallest absolute Gasteiger partial charge is 0.191 e. The molecule has 158 valence electrons. The van der Waals surface area contributed by atoms with Gasteiger partial charge in [0.1, 0.15) is 24.6 Å². The lowest BCUT2D eigenvalue weighted by molar-refractivity contribution is 0.177. The van der Waals surface area contributed by atoms with Crippen LogP contribution >= 0.6 is 0 Å². The number of imidazole rings is 1. The van der Waals surface area contributed by atoms with Gasteiger partial charge in [-0.1, -0.05) is 6.07 Å². The molecule has 10 heteroatoms. The van der Waals surface area contributed by atoms with Crippen molar-refractivity contribution in [1.29, 1.82) is 0 Å². The van der Waals surface area contributed by atoms with Gasteiger partial charge >= 0.3 is 0 Å². The van der Waals surface area contributed by atoms with Gasteiger partial charge in [0.15, 0.2) is 11.8 Å². The molecule has 0 saturated heterocycles. The minimum Gasteiger partial charge on any atom is -0.377 e. The number of hydrogen-bond donors (Lipinski definition) is 2. The molecule has 0 bridgehead atoms. The summed E-state index contributed by atoms with van der Waals surface area (Å²) >= 11 is 0. The second-order valence-corrected chi connectivity index (χ2v) is 7.13. The summed E-state index contributed by atoms with van der Waals surface area (Å²) in [7, 11) is 1.66. The molecule has 0 amide bonds. The van der Waals surface area contributed by atoms with Gasteiger partial charge in [0.2, 0.25) is 0 Å². The zero-order chi connectivity index (χ0) is 20.8. The number of aromatic nitrogens is 6. The van der Waals surface area contributed by atoms with Crippen molar-refractivity contribution in [2.75, 3.05) is 13.7 Å². The first-order chi connectivity index (χ1) is 14.7. The van der Waals surface area contributed by atoms with Crippen LogP contribution in [-0.2, 0) is 30.9 Å². The topological polar surface area (TPSA) is 107 Å². The molecule has 1 atom stereocenters. The van der Waals surface area contributed by atoms with Crippen LogP contribution in [0, 0.1) is 0 Å². The Kier molecular flexibility index (Phi) is 6.33. The number of rotatable bonds is 7. The average molecular weight is 409 g/mol. The van der Waals surface area contributed by atoms with Crippen LogP contribution in [0.3, 0.4) is 0 Å². The fourth-order valence-corrected chi connectivity index (χ4v) is 3.41. The summed E-state index contributed by atoms with van der Waals surface area (Å²) in [6.07, 6.45) is 9.05. The standard InChI is InChI=1S/C20H27N9O/c1-3-22-20(24-11-15-4-6-18(23-10-15)28-9-8-21-14-28)25-16-5-7-19-26-17(13-30-2)27-29(19)12-16/h4,6,8-10,14,16H,3,5,7,11-13H2,1-2H3,(H2,22,24,25). The summed E-state index contributed by atoms with van der Waals surface area (Å²) in [4.78, 5) is 17.8. The van der Waals surface area contributed by atoms with Crippen LogP contribution in [-0.4, -0.2) is 55.0 Å². The quantitative estimate of drug-likeness (QED) is 0.444. The number of guanidine groups is 1. The molecular formula is C20H27N9O. The first-order valence-electron chi connectivity index (χ1n) is 10.1. The Bertz CT molecular complexity index is 963. The zero-order valence-electron chi connectivity index (χ0n) is 17.3. The third kappa shape index (κ3) is 4.82. The van der Waals surface area contributed by atoms with Crippen molar-refractivity contribution in [3.8, 4) is 5.82 Å². The zero-order valence-corrected chi connectivity index (χ0v) is 17.3. The highest BCUT2D eigenvalue weighted by atomic mass is 16.5. The Morgan fingerprint density at radius 1 is 1.37 bits per heavy atom. The average Bonchev–Trinajstić information content (AvgIpc) is 3.42. The normalized spacial score (nSPS) is 16.3. The van der Waals surface area contributed by atoms with Crippen molar-refractivity contribution in [2.24, 2.45) is 4.99 Å². The van der Waals surface area contributed by atoms with Gasteiger partial charge in [0, 0.05) is 44.7 Å². The van der Waals surface area contributed by atoms with Crippen LogP contribution < -0.4 is 10.6 Å². The first kappa shape index (κ1) is 20.0. The summed E-state index contributed by atoms with van der Waals surface area (Å²) in [5.74, 6) is 3.39. The summed E-state index contributed by atoms with van der Waals surface area (Å²) in [5, 5.41) is 11.4. The Balaban J connectivity index is 1.38. The van der Waals surface area contributed by atoms with Gasteiger partial charge in [-0.3, -0.25) is 4.57 Å². The highest BCUT2D eigenvalue weighted by molar-refractivity contribution is 5.80. The van der Waals surface area contributed by atoms with E-state index in [1.165, 1.54) is 0 Å². The molecule has 0 fully saturated rings. The van der Waals surface area contributed by atoms with Gasteiger partial charge in [0.25, 0.3) is 0 Å². The van der Waals surface area contributed by atoms with Gasteiger partial charge in [0.05, 0.1) is 13.1 Å². The Morgan fingerprint density at radius 3 is 3.03 bits per heavy atom. The lowest BCUT2D eigenvalue weighted by atomic mass is 10.1. The van der Waals surface area contributed by atoms with Crippen LogP contribution in [0.2, 0.25) is 0 Å². The summed E-state index contributed by atoms with van der Waals surface area (Å²) in [6.45, 7) is 4.61. The molecule has 1 unspecified atom stereocenters. The Hall–Kier alpha value is -3.27. The number of hydrogen-bond acceptors (Lipinski definition) is 6. The number of methoxy groups -OCH3 is 1. The van der Waals surface area contributed by atoms with Crippen LogP contribution in [0.15, 0.2) is 42.0 Å². The molecule has 10 nitrogen and oxygen atoms in total. The minimum absolute atomic E-state index is 0.245. The van der Waals surface area contributed by atoms with E-state index in [-0.39, 0.29) is 6.04 Å². The van der Waals surface area contributed by atoms with E-state index in [9.17, 15) is 0 Å². The number of fused-ring (bicyclic) bond motifs is 1. The van der Waals surface area contributed by atoms with E-state index < -0.39 is 0 Å². The number of ether oxygens (including phenoxy) is 1. The van der Waals surface area contributed by atoms with Crippen LogP contribution in [0.5, 0.6) is 0 Å². The van der Waals surface area contributed by atoms with Gasteiger partial charge in [-0.15, -0.1) is 0 Å². The monoisotopic (exact) mass is 409 g/mol. The molecule has 0 saturated carbocycles. The predicted molar refractivity (Wildman–Crippen MR) is 112 cm³/mol. The molecule has 30 heavy (non-hydrogen) atoms. The van der Waals surface area contributed by atoms with Gasteiger partial charge in [-0.2, -0.15) is 5.10 Å². The fourth-order valence-electron chi connectivity index (χ4n) is 3.41. The van der Waals surface area contributed by atoms with E-state index in [0.717, 1.165) is 54.9 Å². The van der Waals surface area contributed by atoms with E-state index in [0.29, 0.717) is 13.2 Å². The Labute approximate surface area is 175 Å². The number of nitrogens with zero attached hydrogens (tertiary/aromatic N) is 7. The fraction of sp³-hybridized carbons (Fsp3) is 0.450. The highest BCUT2D eigenvalue weighted by Crippen LogP contribution is 2.13. The second kappa shape index (κ2) is 9.49. The van der Waals surface area contributed by atoms with E-state index in [4.69, 9.17) is 9.73 Å². The highest BCUT2D eigenvalue weighted by Gasteiger charge is 2.22. The molecule has 4 heterocycles. The predicted octanol–water partition coefficient (Wildman–Crippen LogP) is 1.08. The lowest BCUT2D eigenvalue weighted by Crippen LogP contribution is -2.47. The molecular weight excluding hydrogens is 382 g/mol. The third-order valence-electron chi connectivity index (χ3n) is 4.86. The maximum atomic E-state index is 5.14. The molecule has 0 aromatic carbocycles. The van der Waals surface area contributed by atoms with E-state index >= 15 is 0 Å². The first-order valence-corrected chi connectivity index (χ1v) is 10.1. The largest absolute Gasteiger partial charge is 0.377 e. The van der Waals surface area contributed by atoms with Crippen molar-refractivity contribution in [1.82, 2.24) is 39.9 Å². The van der Waals surface area contributed by atoms with Crippen molar-refractivity contribution >= 4 is 5.96 Å². The summed E-state index contributed by atoms with van der Waals surface area (Å²) < 4.78 is 8.98. The lowest BCUT2D eigenvalue weighted by Gasteiger charge is -2.25. The van der Waals surface area contributed by atoms with Crippen molar-refractivity contribution in [2.45, 2.75) is 45.5 Å². The molecule has 1 aliphatic heterocycles. The van der Waals surface area contributed by atoms with Gasteiger partial charge in [-0.05, 0) is 25.0 Å². The number of pyridine rings is 1. The van der Waals surface area contributed by atoms with E-state index in [1.54, 1.807) is 19.6 Å². The van der Waals surface area contributed by atoms with Crippen LogP contribution in [0.1, 0.15) is 30.6 Å². The molecule has 4 rings (SSSR count). The minimum atomic E-state index is 0.245. The van der Waals surface area contributed by atoms with Gasteiger partial charge in [-0.25, -0.2) is 24.6 Å². The maximum absolute atomic E-state index is 5.14. The number of aryl methyl sites for hydroxylation is 1. The second-order valence-electron chi connectivity index (χ2n) is 7.13. The molecule has 0 spiro atoms. The van der Waals surface area contributed by atoms with Crippen molar-refractivity contribution in [3.63, 3.8) is 0 Å². The molecule has 2 N–H and O–H groups in total. The van der Waals surface area contributed by atoms with Crippen molar-refractivity contribution < 1.29 is 4.74 Å². The molecule has 1 aliphatic rings. The third-order valence-corrected chi connectivity index (χ3v) is 4.86. The van der Waals surface area contributed by atoms with Gasteiger partial charge < -0.3 is 15.4 Å². The van der Waals surface area contributed by atoms with E-state index in [1.807, 2.05) is 33.8 Å². The van der Waals surface area contributed by atoms with Crippen LogP contribution in [0.4, 0.5) is 0 Å². The van der Waals surface area contributed by atoms with Crippen molar-refractivity contribution in [3.05, 3.63) is 54.3 Å².